The molecular weight excluding hydrogens is 218 g/mol. The van der Waals surface area contributed by atoms with Crippen LogP contribution in [-0.4, -0.2) is 36.3 Å². The zero-order chi connectivity index (χ0) is 11.8. The molecule has 0 spiro atoms. The van der Waals surface area contributed by atoms with Crippen LogP contribution in [-0.2, 0) is 0 Å². The van der Waals surface area contributed by atoms with Crippen LogP contribution in [0.2, 0.25) is 0 Å². The molecule has 0 aromatic carbocycles. The van der Waals surface area contributed by atoms with Gasteiger partial charge in [0.25, 0.3) is 0 Å². The second-order valence-corrected chi connectivity index (χ2v) is 6.01. The molecule has 2 nitrogen and oxygen atoms in total. The third kappa shape index (κ3) is 5.07. The minimum absolute atomic E-state index is 0.304. The molecule has 1 rings (SSSR count). The minimum atomic E-state index is 0.304. The highest BCUT2D eigenvalue weighted by Gasteiger charge is 2.21. The molecule has 2 N–H and O–H groups in total. The maximum atomic E-state index is 9.00. The van der Waals surface area contributed by atoms with Crippen LogP contribution >= 0.6 is 11.8 Å². The number of hydrogen-bond acceptors (Lipinski definition) is 3. The molecule has 0 radical (unpaired) electrons. The van der Waals surface area contributed by atoms with Gasteiger partial charge < -0.3 is 10.4 Å². The molecule has 0 amide bonds. The molecule has 1 fully saturated rings. The molecule has 0 heterocycles. The second-order valence-electron chi connectivity index (χ2n) is 5.09. The van der Waals surface area contributed by atoms with Crippen LogP contribution < -0.4 is 5.32 Å². The number of aliphatic hydroxyl groups excluding tert-OH is 1. The topological polar surface area (TPSA) is 32.3 Å². The zero-order valence-electron chi connectivity index (χ0n) is 10.7. The van der Waals surface area contributed by atoms with E-state index in [0.717, 1.165) is 30.6 Å². The van der Waals surface area contributed by atoms with Crippen LogP contribution in [0.4, 0.5) is 0 Å². The van der Waals surface area contributed by atoms with E-state index < -0.39 is 0 Å². The Labute approximate surface area is 105 Å². The average Bonchev–Trinajstić information content (AvgIpc) is 2.28. The molecule has 0 saturated heterocycles. The summed E-state index contributed by atoms with van der Waals surface area (Å²) >= 11 is 1.86. The number of aliphatic hydroxyl groups is 1. The summed E-state index contributed by atoms with van der Waals surface area (Å²) in [6, 6.07) is 0.495. The molecule has 16 heavy (non-hydrogen) atoms. The van der Waals surface area contributed by atoms with Gasteiger partial charge in [-0.15, -0.1) is 0 Å². The lowest BCUT2D eigenvalue weighted by Crippen LogP contribution is -2.38. The van der Waals surface area contributed by atoms with Gasteiger partial charge >= 0.3 is 0 Å². The van der Waals surface area contributed by atoms with Crippen molar-refractivity contribution in [3.63, 3.8) is 0 Å². The highest BCUT2D eigenvalue weighted by atomic mass is 32.2. The van der Waals surface area contributed by atoms with E-state index >= 15 is 0 Å². The van der Waals surface area contributed by atoms with Crippen molar-refractivity contribution >= 4 is 11.8 Å². The summed E-state index contributed by atoms with van der Waals surface area (Å²) in [6.45, 7) is 3.84. The van der Waals surface area contributed by atoms with Gasteiger partial charge in [0.05, 0.1) is 0 Å². The fraction of sp³-hybridized carbons (Fsp3) is 1.00. The molecular formula is C13H27NOS. The van der Waals surface area contributed by atoms with Crippen LogP contribution in [0.15, 0.2) is 0 Å². The first-order chi connectivity index (χ1) is 7.77. The number of thioether (sulfide) groups is 1. The molecule has 96 valence electrons. The van der Waals surface area contributed by atoms with Crippen molar-refractivity contribution in [2.24, 2.45) is 11.8 Å². The molecule has 0 bridgehead atoms. The van der Waals surface area contributed by atoms with Crippen molar-refractivity contribution in [2.75, 3.05) is 25.2 Å². The van der Waals surface area contributed by atoms with Crippen molar-refractivity contribution in [3.05, 3.63) is 0 Å². The van der Waals surface area contributed by atoms with Gasteiger partial charge in [0, 0.05) is 18.4 Å². The number of hydrogen-bond donors (Lipinski definition) is 2. The van der Waals surface area contributed by atoms with Gasteiger partial charge in [0.2, 0.25) is 0 Å². The van der Waals surface area contributed by atoms with E-state index in [1.54, 1.807) is 0 Å². The van der Waals surface area contributed by atoms with E-state index in [9.17, 15) is 0 Å². The average molecular weight is 245 g/mol. The second kappa shape index (κ2) is 8.37. The van der Waals surface area contributed by atoms with E-state index in [-0.39, 0.29) is 0 Å². The van der Waals surface area contributed by atoms with E-state index in [2.05, 4.69) is 18.5 Å². The maximum Gasteiger partial charge on any atom is 0.0446 e. The van der Waals surface area contributed by atoms with Gasteiger partial charge in [-0.25, -0.2) is 0 Å². The molecule has 3 unspecified atom stereocenters. The van der Waals surface area contributed by atoms with Crippen LogP contribution in [0.1, 0.15) is 39.0 Å². The van der Waals surface area contributed by atoms with Crippen molar-refractivity contribution in [1.29, 1.82) is 0 Å². The Hall–Kier alpha value is 0.270. The quantitative estimate of drug-likeness (QED) is 0.723. The van der Waals surface area contributed by atoms with Crippen molar-refractivity contribution in [3.8, 4) is 0 Å². The summed E-state index contributed by atoms with van der Waals surface area (Å²) in [5, 5.41) is 12.6. The van der Waals surface area contributed by atoms with E-state index in [0.29, 0.717) is 12.6 Å². The molecule has 1 saturated carbocycles. The van der Waals surface area contributed by atoms with Gasteiger partial charge in [0.1, 0.15) is 0 Å². The Morgan fingerprint density at radius 3 is 2.75 bits per heavy atom. The first-order valence-electron chi connectivity index (χ1n) is 6.61. The van der Waals surface area contributed by atoms with Crippen LogP contribution in [0.3, 0.4) is 0 Å². The lowest BCUT2D eigenvalue weighted by atomic mass is 9.80. The fourth-order valence-electron chi connectivity index (χ4n) is 2.62. The van der Waals surface area contributed by atoms with Crippen LogP contribution in [0, 0.1) is 11.8 Å². The minimum Gasteiger partial charge on any atom is -0.396 e. The van der Waals surface area contributed by atoms with Crippen molar-refractivity contribution in [2.45, 2.75) is 45.1 Å². The van der Waals surface area contributed by atoms with Gasteiger partial charge in [-0.2, -0.15) is 11.8 Å². The van der Waals surface area contributed by atoms with Gasteiger partial charge in [-0.05, 0) is 37.5 Å². The number of nitrogens with one attached hydrogen (secondary N) is 1. The molecule has 0 aromatic heterocycles. The van der Waals surface area contributed by atoms with Crippen LogP contribution in [0.5, 0.6) is 0 Å². The summed E-state index contributed by atoms with van der Waals surface area (Å²) < 4.78 is 0. The third-order valence-corrected chi connectivity index (χ3v) is 4.54. The third-order valence-electron chi connectivity index (χ3n) is 3.80. The van der Waals surface area contributed by atoms with E-state index in [4.69, 9.17) is 5.11 Å². The number of rotatable bonds is 7. The first-order valence-corrected chi connectivity index (χ1v) is 8.00. The Morgan fingerprint density at radius 1 is 1.38 bits per heavy atom. The predicted octanol–water partition coefficient (Wildman–Crippen LogP) is 2.52. The summed E-state index contributed by atoms with van der Waals surface area (Å²) in [4.78, 5) is 0. The van der Waals surface area contributed by atoms with E-state index in [1.807, 2.05) is 11.8 Å². The summed E-state index contributed by atoms with van der Waals surface area (Å²) in [6.07, 6.45) is 8.64. The molecule has 3 atom stereocenters. The van der Waals surface area contributed by atoms with Gasteiger partial charge in [-0.1, -0.05) is 26.2 Å². The van der Waals surface area contributed by atoms with Crippen molar-refractivity contribution < 1.29 is 5.11 Å². The molecule has 3 heteroatoms. The monoisotopic (exact) mass is 245 g/mol. The predicted molar refractivity (Wildman–Crippen MR) is 73.0 cm³/mol. The lowest BCUT2D eigenvalue weighted by Gasteiger charge is -2.30. The fourth-order valence-corrected chi connectivity index (χ4v) is 3.30. The lowest BCUT2D eigenvalue weighted by molar-refractivity contribution is 0.229. The zero-order valence-corrected chi connectivity index (χ0v) is 11.6. The molecule has 1 aliphatic rings. The van der Waals surface area contributed by atoms with Crippen molar-refractivity contribution in [1.82, 2.24) is 5.32 Å². The Kier molecular flexibility index (Phi) is 7.50. The molecule has 0 aliphatic heterocycles. The van der Waals surface area contributed by atoms with E-state index in [1.165, 1.54) is 25.7 Å². The standard InChI is InChI=1S/C13H27NOS/c1-11-5-3-4-6-12(11)9-14-13(7-8-15)10-16-2/h11-15H,3-10H2,1-2H3. The highest BCUT2D eigenvalue weighted by molar-refractivity contribution is 7.98. The summed E-state index contributed by atoms with van der Waals surface area (Å²) in [5.74, 6) is 2.85. The molecule has 0 aromatic rings. The normalized spacial score (nSPS) is 27.9. The largest absolute Gasteiger partial charge is 0.396 e. The Morgan fingerprint density at radius 2 is 2.12 bits per heavy atom. The summed E-state index contributed by atoms with van der Waals surface area (Å²) in [5.41, 5.74) is 0. The Bertz CT molecular complexity index is 171. The van der Waals surface area contributed by atoms with Crippen LogP contribution in [0.25, 0.3) is 0 Å². The Balaban J connectivity index is 2.23. The highest BCUT2D eigenvalue weighted by Crippen LogP contribution is 2.29. The first kappa shape index (κ1) is 14.3. The smallest absolute Gasteiger partial charge is 0.0446 e. The molecule has 1 aliphatic carbocycles. The van der Waals surface area contributed by atoms with Gasteiger partial charge in [0.15, 0.2) is 0 Å². The maximum absolute atomic E-state index is 9.00. The SMILES string of the molecule is CSCC(CCO)NCC1CCCCC1C. The van der Waals surface area contributed by atoms with Gasteiger partial charge in [-0.3, -0.25) is 0 Å². The summed E-state index contributed by atoms with van der Waals surface area (Å²) in [7, 11) is 0.